The fourth-order valence-electron chi connectivity index (χ4n) is 1.75. The third-order valence-corrected chi connectivity index (χ3v) is 2.82. The standard InChI is InChI=1S/C14H12N4O/c1-9-2-4-10(5-3-9)13-17-14(19-18-13)11-6-7-16-8-12(11)15/h2-8H,15H2,1H3. The van der Waals surface area contributed by atoms with Crippen LogP contribution < -0.4 is 5.73 Å². The van der Waals surface area contributed by atoms with Crippen LogP contribution in [0.2, 0.25) is 0 Å². The number of hydrogen-bond acceptors (Lipinski definition) is 5. The minimum absolute atomic E-state index is 0.399. The molecule has 3 aromatic rings. The van der Waals surface area contributed by atoms with Gasteiger partial charge in [0.05, 0.1) is 17.4 Å². The number of nitrogens with zero attached hydrogens (tertiary/aromatic N) is 3. The predicted molar refractivity (Wildman–Crippen MR) is 72.1 cm³/mol. The molecule has 0 fully saturated rings. The van der Waals surface area contributed by atoms with Gasteiger partial charge >= 0.3 is 0 Å². The normalized spacial score (nSPS) is 10.6. The SMILES string of the molecule is Cc1ccc(-c2noc(-c3ccncc3N)n2)cc1. The van der Waals surface area contributed by atoms with Crippen molar-refractivity contribution in [3.05, 3.63) is 48.3 Å². The summed E-state index contributed by atoms with van der Waals surface area (Å²) in [5.41, 5.74) is 9.14. The molecule has 0 atom stereocenters. The van der Waals surface area contributed by atoms with E-state index in [-0.39, 0.29) is 0 Å². The summed E-state index contributed by atoms with van der Waals surface area (Å²) in [6.45, 7) is 2.03. The Balaban J connectivity index is 2.00. The third kappa shape index (κ3) is 2.18. The van der Waals surface area contributed by atoms with Gasteiger partial charge in [0.2, 0.25) is 5.82 Å². The maximum absolute atomic E-state index is 5.83. The van der Waals surface area contributed by atoms with E-state index in [1.165, 1.54) is 5.56 Å². The fourth-order valence-corrected chi connectivity index (χ4v) is 1.75. The van der Waals surface area contributed by atoms with Crippen molar-refractivity contribution < 1.29 is 4.52 Å². The number of nitrogen functional groups attached to an aromatic ring is 1. The summed E-state index contributed by atoms with van der Waals surface area (Å²) >= 11 is 0. The second kappa shape index (κ2) is 4.53. The number of benzene rings is 1. The van der Waals surface area contributed by atoms with Gasteiger partial charge in [-0.3, -0.25) is 4.98 Å². The molecule has 0 amide bonds. The first-order valence-electron chi connectivity index (χ1n) is 5.84. The highest BCUT2D eigenvalue weighted by Crippen LogP contribution is 2.25. The lowest BCUT2D eigenvalue weighted by Crippen LogP contribution is -1.90. The molecule has 2 N–H and O–H groups in total. The van der Waals surface area contributed by atoms with Gasteiger partial charge in [0.25, 0.3) is 5.89 Å². The molecule has 0 saturated carbocycles. The number of nitrogens with two attached hydrogens (primary N) is 1. The zero-order valence-electron chi connectivity index (χ0n) is 10.4. The van der Waals surface area contributed by atoms with Gasteiger partial charge in [0.1, 0.15) is 0 Å². The van der Waals surface area contributed by atoms with Gasteiger partial charge in [-0.1, -0.05) is 35.0 Å². The van der Waals surface area contributed by atoms with Gasteiger partial charge in [-0.05, 0) is 13.0 Å². The molecule has 0 bridgehead atoms. The number of anilines is 1. The van der Waals surface area contributed by atoms with Crippen LogP contribution in [0.5, 0.6) is 0 Å². The van der Waals surface area contributed by atoms with Crippen molar-refractivity contribution in [3.8, 4) is 22.8 Å². The zero-order chi connectivity index (χ0) is 13.2. The van der Waals surface area contributed by atoms with Crippen LogP contribution in [0, 0.1) is 6.92 Å². The monoisotopic (exact) mass is 252 g/mol. The Labute approximate surface area is 110 Å². The van der Waals surface area contributed by atoms with E-state index in [9.17, 15) is 0 Å². The summed E-state index contributed by atoms with van der Waals surface area (Å²) in [4.78, 5) is 8.29. The highest BCUT2D eigenvalue weighted by Gasteiger charge is 2.12. The molecule has 0 aliphatic rings. The first-order valence-corrected chi connectivity index (χ1v) is 5.84. The summed E-state index contributed by atoms with van der Waals surface area (Å²) in [5.74, 6) is 0.946. The van der Waals surface area contributed by atoms with E-state index in [1.807, 2.05) is 31.2 Å². The molecule has 0 unspecified atom stereocenters. The smallest absolute Gasteiger partial charge is 0.260 e. The predicted octanol–water partition coefficient (Wildman–Crippen LogP) is 2.69. The lowest BCUT2D eigenvalue weighted by atomic mass is 10.1. The number of hydrogen-bond donors (Lipinski definition) is 1. The summed E-state index contributed by atoms with van der Waals surface area (Å²) in [5, 5.41) is 3.97. The molecule has 94 valence electrons. The first-order chi connectivity index (χ1) is 9.24. The number of pyridine rings is 1. The molecule has 1 aromatic carbocycles. The molecule has 5 nitrogen and oxygen atoms in total. The Bertz CT molecular complexity index is 703. The van der Waals surface area contributed by atoms with E-state index in [4.69, 9.17) is 10.3 Å². The summed E-state index contributed by atoms with van der Waals surface area (Å²) in [6, 6.07) is 9.68. The van der Waals surface area contributed by atoms with Crippen molar-refractivity contribution in [2.75, 3.05) is 5.73 Å². The molecule has 0 spiro atoms. The van der Waals surface area contributed by atoms with Crippen molar-refractivity contribution in [2.24, 2.45) is 0 Å². The second-order valence-corrected chi connectivity index (χ2v) is 4.25. The molecule has 0 aliphatic carbocycles. The molecule has 0 aliphatic heterocycles. The van der Waals surface area contributed by atoms with E-state index in [0.717, 1.165) is 5.56 Å². The van der Waals surface area contributed by atoms with Gasteiger partial charge in [0, 0.05) is 11.8 Å². The van der Waals surface area contributed by atoms with Crippen LogP contribution in [0.4, 0.5) is 5.69 Å². The van der Waals surface area contributed by atoms with Crippen molar-refractivity contribution >= 4 is 5.69 Å². The average molecular weight is 252 g/mol. The van der Waals surface area contributed by atoms with Gasteiger partial charge < -0.3 is 10.3 Å². The molecule has 0 saturated heterocycles. The maximum atomic E-state index is 5.83. The summed E-state index contributed by atoms with van der Waals surface area (Å²) < 4.78 is 5.25. The van der Waals surface area contributed by atoms with Gasteiger partial charge in [0.15, 0.2) is 0 Å². The topological polar surface area (TPSA) is 77.8 Å². The number of rotatable bonds is 2. The molecule has 19 heavy (non-hydrogen) atoms. The Morgan fingerprint density at radius 1 is 1.11 bits per heavy atom. The van der Waals surface area contributed by atoms with E-state index in [0.29, 0.717) is 23.0 Å². The number of aromatic nitrogens is 3. The third-order valence-electron chi connectivity index (χ3n) is 2.82. The molecule has 0 radical (unpaired) electrons. The molecule has 2 aromatic heterocycles. The Morgan fingerprint density at radius 2 is 1.89 bits per heavy atom. The maximum Gasteiger partial charge on any atom is 0.260 e. The number of aryl methyl sites for hydroxylation is 1. The van der Waals surface area contributed by atoms with Crippen molar-refractivity contribution in [1.82, 2.24) is 15.1 Å². The van der Waals surface area contributed by atoms with E-state index >= 15 is 0 Å². The van der Waals surface area contributed by atoms with Crippen LogP contribution in [-0.2, 0) is 0 Å². The lowest BCUT2D eigenvalue weighted by molar-refractivity contribution is 0.432. The van der Waals surface area contributed by atoms with Crippen LogP contribution in [0.3, 0.4) is 0 Å². The van der Waals surface area contributed by atoms with Crippen LogP contribution in [0.25, 0.3) is 22.8 Å². The average Bonchev–Trinajstić information content (AvgIpc) is 2.89. The first kappa shape index (κ1) is 11.4. The fraction of sp³-hybridized carbons (Fsp3) is 0.0714. The molecular formula is C14H12N4O. The van der Waals surface area contributed by atoms with Crippen LogP contribution in [-0.4, -0.2) is 15.1 Å². The van der Waals surface area contributed by atoms with Crippen LogP contribution in [0.1, 0.15) is 5.56 Å². The summed E-state index contributed by atoms with van der Waals surface area (Å²) in [6.07, 6.45) is 3.20. The van der Waals surface area contributed by atoms with Gasteiger partial charge in [-0.25, -0.2) is 0 Å². The van der Waals surface area contributed by atoms with Crippen molar-refractivity contribution in [1.29, 1.82) is 0 Å². The molecular weight excluding hydrogens is 240 g/mol. The highest BCUT2D eigenvalue weighted by atomic mass is 16.5. The largest absolute Gasteiger partial charge is 0.397 e. The van der Waals surface area contributed by atoms with Gasteiger partial charge in [-0.2, -0.15) is 4.98 Å². The van der Waals surface area contributed by atoms with Crippen LogP contribution in [0.15, 0.2) is 47.2 Å². The Morgan fingerprint density at radius 3 is 2.63 bits per heavy atom. The summed E-state index contributed by atoms with van der Waals surface area (Å²) in [7, 11) is 0. The molecule has 3 rings (SSSR count). The van der Waals surface area contributed by atoms with E-state index < -0.39 is 0 Å². The minimum atomic E-state index is 0.399. The second-order valence-electron chi connectivity index (χ2n) is 4.25. The zero-order valence-corrected chi connectivity index (χ0v) is 10.4. The molecule has 2 heterocycles. The van der Waals surface area contributed by atoms with Gasteiger partial charge in [-0.15, -0.1) is 0 Å². The Hall–Kier alpha value is -2.69. The Kier molecular flexibility index (Phi) is 2.72. The quantitative estimate of drug-likeness (QED) is 0.758. The van der Waals surface area contributed by atoms with Crippen molar-refractivity contribution in [3.63, 3.8) is 0 Å². The van der Waals surface area contributed by atoms with E-state index in [1.54, 1.807) is 18.5 Å². The van der Waals surface area contributed by atoms with E-state index in [2.05, 4.69) is 15.1 Å². The lowest BCUT2D eigenvalue weighted by Gasteiger charge is -1.97. The highest BCUT2D eigenvalue weighted by molar-refractivity contribution is 5.70. The minimum Gasteiger partial charge on any atom is -0.397 e. The molecule has 5 heteroatoms. The van der Waals surface area contributed by atoms with Crippen LogP contribution >= 0.6 is 0 Å². The van der Waals surface area contributed by atoms with Crippen molar-refractivity contribution in [2.45, 2.75) is 6.92 Å².